The average Bonchev–Trinajstić information content (AvgIpc) is 2.99. The Morgan fingerprint density at radius 3 is 1.62 bits per heavy atom. The molecule has 0 aromatic heterocycles. The van der Waals surface area contributed by atoms with Crippen LogP contribution in [0.5, 0.6) is 28.7 Å². The number of phenolic OH excluding ortho intramolecular Hbond substituents is 3. The van der Waals surface area contributed by atoms with Gasteiger partial charge in [0.05, 0.1) is 18.8 Å². The molecule has 10 atom stereocenters. The van der Waals surface area contributed by atoms with E-state index in [0.717, 1.165) is 24.3 Å². The maximum absolute atomic E-state index is 12.6. The minimum Gasteiger partial charge on any atom is -0.504 e. The number of phenols is 3. The third kappa shape index (κ3) is 6.46. The Bertz CT molecular complexity index is 1490. The topological polar surface area (TPSA) is 290 Å². The lowest BCUT2D eigenvalue weighted by Gasteiger charge is -2.40. The first-order chi connectivity index (χ1) is 20.8. The number of aromatic hydroxyl groups is 3. The van der Waals surface area contributed by atoms with Gasteiger partial charge in [0.2, 0.25) is 12.6 Å². The normalized spacial score (nSPS) is 31.7. The molecular weight excluding hydrogens is 632 g/mol. The Morgan fingerprint density at radius 1 is 0.644 bits per heavy atom. The van der Waals surface area contributed by atoms with Crippen molar-refractivity contribution in [3.05, 3.63) is 40.6 Å². The highest BCUT2D eigenvalue weighted by atomic mass is 35.5. The van der Waals surface area contributed by atoms with Crippen LogP contribution in [-0.4, -0.2) is 131 Å². The number of hydrogen-bond acceptors (Lipinski definition) is 17. The smallest absolute Gasteiger partial charge is 0.229 e. The highest BCUT2D eigenvalue weighted by Crippen LogP contribution is 2.46. The summed E-state index contributed by atoms with van der Waals surface area (Å²) in [6, 6.07) is 5.07. The molecule has 2 fully saturated rings. The summed E-state index contributed by atoms with van der Waals surface area (Å²) >= 11 is 0. The van der Waals surface area contributed by atoms with Crippen molar-refractivity contribution in [3.63, 3.8) is 0 Å². The van der Waals surface area contributed by atoms with Crippen molar-refractivity contribution < 1.29 is 79.5 Å². The fraction of sp³-hybridized carbons (Fsp3) is 0.444. The zero-order valence-corrected chi connectivity index (χ0v) is 23.7. The van der Waals surface area contributed by atoms with E-state index in [1.54, 1.807) is 0 Å². The van der Waals surface area contributed by atoms with Crippen LogP contribution in [0.4, 0.5) is 0 Å². The van der Waals surface area contributed by atoms with Crippen molar-refractivity contribution in [1.82, 2.24) is 0 Å². The molecule has 0 spiro atoms. The Hall–Kier alpha value is -3.46. The molecule has 10 unspecified atom stereocenters. The van der Waals surface area contributed by atoms with E-state index < -0.39 is 97.3 Å². The molecule has 45 heavy (non-hydrogen) atoms. The molecule has 2 saturated heterocycles. The summed E-state index contributed by atoms with van der Waals surface area (Å²) in [4.78, 5) is 12.6. The van der Waals surface area contributed by atoms with Crippen LogP contribution < -0.4 is 14.9 Å². The molecule has 1 aromatic carbocycles. The van der Waals surface area contributed by atoms with Gasteiger partial charge < -0.3 is 79.5 Å². The van der Waals surface area contributed by atoms with Crippen LogP contribution in [0.25, 0.3) is 22.6 Å². The molecule has 5 rings (SSSR count). The minimum atomic E-state index is -1.88. The van der Waals surface area contributed by atoms with Crippen molar-refractivity contribution in [2.45, 2.75) is 61.4 Å². The van der Waals surface area contributed by atoms with E-state index in [2.05, 4.69) is 0 Å². The van der Waals surface area contributed by atoms with E-state index in [9.17, 15) is 61.0 Å². The Morgan fingerprint density at radius 2 is 1.13 bits per heavy atom. The maximum Gasteiger partial charge on any atom is 0.229 e. The van der Waals surface area contributed by atoms with Gasteiger partial charge in [0.15, 0.2) is 34.2 Å². The number of halogens is 1. The molecule has 248 valence electrons. The standard InChI is InChI=1S/C27H30O17.ClH/c28-6-16-19(34)21(36)23(38)26(43-16)41-14-4-9(30)3-13-10(14)5-15(25(40-13)8-1-11(31)18(33)12(32)2-8)42-27-24(39)22(37)20(35)17(7-29)44-27;/h1-5,16-17,19-24,26-29,31-39H,6-7H2;1H. The van der Waals surface area contributed by atoms with Gasteiger partial charge in [-0.2, -0.15) is 0 Å². The van der Waals surface area contributed by atoms with Crippen LogP contribution in [0.1, 0.15) is 0 Å². The Balaban J connectivity index is 0.00000461. The van der Waals surface area contributed by atoms with E-state index in [1.165, 1.54) is 6.07 Å². The third-order valence-corrected chi connectivity index (χ3v) is 7.30. The van der Waals surface area contributed by atoms with Crippen molar-refractivity contribution in [2.24, 2.45) is 0 Å². The molecule has 17 nitrogen and oxygen atoms in total. The molecule has 1 aliphatic carbocycles. The molecule has 0 bridgehead atoms. The lowest BCUT2D eigenvalue weighted by Crippen LogP contribution is -2.60. The van der Waals surface area contributed by atoms with Crippen LogP contribution in [0.2, 0.25) is 0 Å². The van der Waals surface area contributed by atoms with Gasteiger partial charge >= 0.3 is 0 Å². The van der Waals surface area contributed by atoms with E-state index in [-0.39, 0.29) is 46.6 Å². The van der Waals surface area contributed by atoms with Gasteiger partial charge in [-0.05, 0) is 18.2 Å². The fourth-order valence-electron chi connectivity index (χ4n) is 4.86. The first kappa shape index (κ1) is 34.4. The van der Waals surface area contributed by atoms with Gasteiger partial charge in [0, 0.05) is 17.7 Å². The van der Waals surface area contributed by atoms with Gasteiger partial charge in [-0.3, -0.25) is 4.79 Å². The third-order valence-electron chi connectivity index (χ3n) is 7.30. The number of hydrogen-bond donors (Lipinski definition) is 11. The Kier molecular flexibility index (Phi) is 10.3. The van der Waals surface area contributed by atoms with Crippen LogP contribution in [0, 0.1) is 0 Å². The summed E-state index contributed by atoms with van der Waals surface area (Å²) in [5, 5.41) is 111. The molecule has 0 amide bonds. The molecule has 0 saturated carbocycles. The van der Waals surface area contributed by atoms with Crippen molar-refractivity contribution in [1.29, 1.82) is 0 Å². The number of aliphatic hydroxyl groups is 8. The fourth-order valence-corrected chi connectivity index (χ4v) is 4.86. The van der Waals surface area contributed by atoms with E-state index in [4.69, 9.17) is 23.4 Å². The van der Waals surface area contributed by atoms with Crippen molar-refractivity contribution >= 4 is 12.4 Å². The van der Waals surface area contributed by atoms with Crippen molar-refractivity contribution in [3.8, 4) is 51.4 Å². The molecule has 0 radical (unpaired) electrons. The van der Waals surface area contributed by atoms with Crippen LogP contribution in [0.15, 0.2) is 39.5 Å². The summed E-state index contributed by atoms with van der Waals surface area (Å²) in [6.45, 7) is -1.53. The first-order valence-electron chi connectivity index (χ1n) is 13.2. The van der Waals surface area contributed by atoms with Crippen molar-refractivity contribution in [2.75, 3.05) is 13.2 Å². The van der Waals surface area contributed by atoms with Gasteiger partial charge in [-0.25, -0.2) is 0 Å². The zero-order valence-electron chi connectivity index (χ0n) is 22.9. The molecular formula is C27H31ClO17. The van der Waals surface area contributed by atoms with Gasteiger partial charge in [0.25, 0.3) is 0 Å². The van der Waals surface area contributed by atoms with E-state index in [0.29, 0.717) is 0 Å². The molecule has 3 heterocycles. The molecule has 1 aromatic rings. The zero-order chi connectivity index (χ0) is 32.0. The largest absolute Gasteiger partial charge is 0.504 e. The molecule has 11 N–H and O–H groups in total. The SMILES string of the molecule is Cl.O=c1cc2oc(-c3cc(O)c(O)c(O)c3)c(OC3OC(CO)C(O)C(O)C3O)cc-2c(OC2OC(CO)C(O)C(O)C2O)c1. The number of fused-ring (bicyclic) bond motifs is 1. The highest BCUT2D eigenvalue weighted by molar-refractivity contribution is 5.85. The second kappa shape index (κ2) is 13.5. The number of rotatable bonds is 7. The van der Waals surface area contributed by atoms with Crippen LogP contribution in [0.3, 0.4) is 0 Å². The van der Waals surface area contributed by atoms with Gasteiger partial charge in [-0.1, -0.05) is 0 Å². The predicted octanol–water partition coefficient (Wildman–Crippen LogP) is -2.69. The second-order valence-corrected chi connectivity index (χ2v) is 10.3. The summed E-state index contributed by atoms with van der Waals surface area (Å²) in [5.74, 6) is -3.63. The molecule has 4 aliphatic rings. The monoisotopic (exact) mass is 662 g/mol. The van der Waals surface area contributed by atoms with E-state index in [1.807, 2.05) is 0 Å². The lowest BCUT2D eigenvalue weighted by atomic mass is 9.99. The summed E-state index contributed by atoms with van der Waals surface area (Å²) in [5.41, 5.74) is -0.880. The minimum absolute atomic E-state index is 0. The number of ether oxygens (including phenoxy) is 4. The summed E-state index contributed by atoms with van der Waals surface area (Å²) in [7, 11) is 0. The lowest BCUT2D eigenvalue weighted by molar-refractivity contribution is -0.277. The molecule has 3 aliphatic heterocycles. The molecule has 18 heteroatoms. The summed E-state index contributed by atoms with van der Waals surface area (Å²) in [6.07, 6.45) is -16.9. The maximum atomic E-state index is 12.6. The average molecular weight is 663 g/mol. The number of benzene rings is 2. The predicted molar refractivity (Wildman–Crippen MR) is 148 cm³/mol. The van der Waals surface area contributed by atoms with Gasteiger partial charge in [0.1, 0.15) is 60.3 Å². The first-order valence-corrected chi connectivity index (χ1v) is 13.2. The van der Waals surface area contributed by atoms with Gasteiger partial charge in [-0.15, -0.1) is 12.4 Å². The Labute approximate surface area is 258 Å². The summed E-state index contributed by atoms with van der Waals surface area (Å²) < 4.78 is 28.1. The van der Waals surface area contributed by atoms with Crippen LogP contribution in [-0.2, 0) is 9.47 Å². The van der Waals surface area contributed by atoms with Crippen LogP contribution >= 0.6 is 12.4 Å². The number of aliphatic hydroxyl groups excluding tert-OH is 8. The second-order valence-electron chi connectivity index (χ2n) is 10.3. The quantitative estimate of drug-likeness (QED) is 0.115. The van der Waals surface area contributed by atoms with E-state index >= 15 is 0 Å². The highest BCUT2D eigenvalue weighted by Gasteiger charge is 2.46.